The summed E-state index contributed by atoms with van der Waals surface area (Å²) >= 11 is 1.34. The van der Waals surface area contributed by atoms with Crippen LogP contribution >= 0.6 is 11.3 Å². The zero-order chi connectivity index (χ0) is 20.0. The van der Waals surface area contributed by atoms with Crippen LogP contribution in [0.2, 0.25) is 0 Å². The van der Waals surface area contributed by atoms with E-state index in [9.17, 15) is 13.2 Å². The van der Waals surface area contributed by atoms with Gasteiger partial charge >= 0.3 is 6.18 Å². The van der Waals surface area contributed by atoms with E-state index in [4.69, 9.17) is 10.00 Å². The van der Waals surface area contributed by atoms with Crippen molar-refractivity contribution in [2.24, 2.45) is 4.99 Å². The average Bonchev–Trinajstić information content (AvgIpc) is 3.11. The third kappa shape index (κ3) is 5.37. The minimum atomic E-state index is -4.65. The van der Waals surface area contributed by atoms with Gasteiger partial charge in [-0.2, -0.15) is 18.4 Å². The zero-order valence-electron chi connectivity index (χ0n) is 15.3. The number of rotatable bonds is 7. The molecule has 27 heavy (non-hydrogen) atoms. The number of hydrogen-bond donors (Lipinski definition) is 0. The van der Waals surface area contributed by atoms with Crippen molar-refractivity contribution in [3.05, 3.63) is 34.8 Å². The topological polar surface area (TPSA) is 58.3 Å². The number of aliphatic imine (C=N–C) groups is 1. The van der Waals surface area contributed by atoms with E-state index in [1.807, 2.05) is 20.8 Å². The minimum Gasteiger partial charge on any atom is -0.349 e. The van der Waals surface area contributed by atoms with Crippen molar-refractivity contribution in [2.75, 3.05) is 6.61 Å². The summed E-state index contributed by atoms with van der Waals surface area (Å²) in [5.74, 6) is 0. The lowest BCUT2D eigenvalue weighted by molar-refractivity contribution is -0.220. The van der Waals surface area contributed by atoms with Gasteiger partial charge in [0.05, 0.1) is 11.8 Å². The van der Waals surface area contributed by atoms with E-state index < -0.39 is 18.9 Å². The Bertz CT molecular complexity index is 839. The van der Waals surface area contributed by atoms with Crippen LogP contribution in [0.25, 0.3) is 10.6 Å². The molecular weight excluding hydrogens is 375 g/mol. The summed E-state index contributed by atoms with van der Waals surface area (Å²) in [7, 11) is 0. The van der Waals surface area contributed by atoms with Crippen LogP contribution in [0.5, 0.6) is 0 Å². The number of nitrogens with zero attached hydrogens (tertiary/aromatic N) is 3. The van der Waals surface area contributed by atoms with Crippen molar-refractivity contribution >= 4 is 22.7 Å². The van der Waals surface area contributed by atoms with Gasteiger partial charge in [0.25, 0.3) is 0 Å². The second-order valence-corrected chi connectivity index (χ2v) is 6.93. The Morgan fingerprint density at radius 1 is 1.41 bits per heavy atom. The van der Waals surface area contributed by atoms with Gasteiger partial charge in [-0.3, -0.25) is 4.99 Å². The smallest absolute Gasteiger partial charge is 0.349 e. The molecule has 0 aliphatic heterocycles. The minimum absolute atomic E-state index is 0.0865. The summed E-state index contributed by atoms with van der Waals surface area (Å²) in [4.78, 5) is 8.75. The molecule has 2 aromatic rings. The Kier molecular flexibility index (Phi) is 7.11. The molecule has 144 valence electrons. The fourth-order valence-electron chi connectivity index (χ4n) is 2.69. The van der Waals surface area contributed by atoms with Crippen molar-refractivity contribution in [1.29, 1.82) is 5.26 Å². The predicted molar refractivity (Wildman–Crippen MR) is 100 cm³/mol. The number of hydrogen-bond acceptors (Lipinski definition) is 5. The first-order valence-electron chi connectivity index (χ1n) is 8.41. The van der Waals surface area contributed by atoms with Crippen LogP contribution in [-0.2, 0) is 4.74 Å². The second kappa shape index (κ2) is 9.11. The van der Waals surface area contributed by atoms with Crippen molar-refractivity contribution in [2.45, 2.75) is 45.9 Å². The van der Waals surface area contributed by atoms with Gasteiger partial charge in [0, 0.05) is 22.9 Å². The SMILES string of the molecule is CCCC(C)=Nc1cc(C(OCC#N)C(F)(F)F)cc(-c2nccs2)c1C. The first-order valence-corrected chi connectivity index (χ1v) is 9.29. The predicted octanol–water partition coefficient (Wildman–Crippen LogP) is 6.15. The highest BCUT2D eigenvalue weighted by atomic mass is 32.1. The number of halogens is 3. The van der Waals surface area contributed by atoms with E-state index in [0.29, 0.717) is 16.3 Å². The van der Waals surface area contributed by atoms with E-state index in [1.165, 1.54) is 23.5 Å². The number of alkyl halides is 3. The molecule has 0 aliphatic carbocycles. The number of benzene rings is 1. The maximum atomic E-state index is 13.5. The molecule has 0 N–H and O–H groups in total. The summed E-state index contributed by atoms with van der Waals surface area (Å²) in [6.45, 7) is 5.03. The summed E-state index contributed by atoms with van der Waals surface area (Å²) < 4.78 is 45.4. The van der Waals surface area contributed by atoms with Crippen molar-refractivity contribution < 1.29 is 17.9 Å². The first kappa shape index (κ1) is 21.1. The molecule has 0 radical (unpaired) electrons. The monoisotopic (exact) mass is 395 g/mol. The molecule has 8 heteroatoms. The number of thiazole rings is 1. The van der Waals surface area contributed by atoms with Gasteiger partial charge in [0.15, 0.2) is 6.10 Å². The van der Waals surface area contributed by atoms with Gasteiger partial charge in [-0.15, -0.1) is 11.3 Å². The lowest BCUT2D eigenvalue weighted by Crippen LogP contribution is -2.24. The maximum absolute atomic E-state index is 13.5. The van der Waals surface area contributed by atoms with E-state index in [2.05, 4.69) is 9.98 Å². The largest absolute Gasteiger partial charge is 0.418 e. The van der Waals surface area contributed by atoms with Crippen LogP contribution in [0.1, 0.15) is 43.9 Å². The molecule has 1 heterocycles. The van der Waals surface area contributed by atoms with Crippen LogP contribution in [0.4, 0.5) is 18.9 Å². The van der Waals surface area contributed by atoms with Crippen molar-refractivity contribution in [3.8, 4) is 16.6 Å². The third-order valence-electron chi connectivity index (χ3n) is 3.90. The third-order valence-corrected chi connectivity index (χ3v) is 4.71. The lowest BCUT2D eigenvalue weighted by Gasteiger charge is -2.22. The molecule has 4 nitrogen and oxygen atoms in total. The highest BCUT2D eigenvalue weighted by Gasteiger charge is 2.42. The molecular formula is C19H20F3N3OS. The Morgan fingerprint density at radius 2 is 2.15 bits per heavy atom. The molecule has 0 fully saturated rings. The van der Waals surface area contributed by atoms with Crippen molar-refractivity contribution in [1.82, 2.24) is 4.98 Å². The molecule has 0 aliphatic rings. The Labute approximate surface area is 160 Å². The molecule has 0 amide bonds. The van der Waals surface area contributed by atoms with Crippen LogP contribution < -0.4 is 0 Å². The van der Waals surface area contributed by atoms with Crippen molar-refractivity contribution in [3.63, 3.8) is 0 Å². The summed E-state index contributed by atoms with van der Waals surface area (Å²) in [5, 5.41) is 11.0. The molecule has 1 atom stereocenters. The highest BCUT2D eigenvalue weighted by molar-refractivity contribution is 7.13. The normalized spacial score (nSPS) is 13.4. The van der Waals surface area contributed by atoms with Gasteiger partial charge in [-0.05, 0) is 43.5 Å². The van der Waals surface area contributed by atoms with E-state index in [0.717, 1.165) is 24.1 Å². The van der Waals surface area contributed by atoms with E-state index in [-0.39, 0.29) is 5.56 Å². The van der Waals surface area contributed by atoms with E-state index in [1.54, 1.807) is 17.6 Å². The van der Waals surface area contributed by atoms with Crippen LogP contribution in [0, 0.1) is 18.3 Å². The molecule has 0 spiro atoms. The van der Waals surface area contributed by atoms with Crippen LogP contribution in [0.3, 0.4) is 0 Å². The van der Waals surface area contributed by atoms with Gasteiger partial charge in [-0.1, -0.05) is 13.3 Å². The van der Waals surface area contributed by atoms with Gasteiger partial charge in [0.1, 0.15) is 11.6 Å². The number of aromatic nitrogens is 1. The number of ether oxygens (including phenoxy) is 1. The van der Waals surface area contributed by atoms with Gasteiger partial charge < -0.3 is 4.74 Å². The van der Waals surface area contributed by atoms with Crippen LogP contribution in [0.15, 0.2) is 28.7 Å². The summed E-state index contributed by atoms with van der Waals surface area (Å²) in [6.07, 6.45) is -3.60. The molecule has 0 bridgehead atoms. The molecule has 0 saturated carbocycles. The molecule has 2 rings (SSSR count). The average molecular weight is 395 g/mol. The highest BCUT2D eigenvalue weighted by Crippen LogP contribution is 2.41. The Balaban J connectivity index is 2.64. The van der Waals surface area contributed by atoms with Gasteiger partial charge in [-0.25, -0.2) is 4.98 Å². The summed E-state index contributed by atoms with van der Waals surface area (Å²) in [5.41, 5.74) is 2.55. The molecule has 1 aromatic heterocycles. The fraction of sp³-hybridized carbons (Fsp3) is 0.421. The maximum Gasteiger partial charge on any atom is 0.418 e. The van der Waals surface area contributed by atoms with E-state index >= 15 is 0 Å². The fourth-order valence-corrected chi connectivity index (χ4v) is 3.40. The second-order valence-electron chi connectivity index (χ2n) is 6.04. The Morgan fingerprint density at radius 3 is 2.70 bits per heavy atom. The Hall–Kier alpha value is -2.24. The number of nitriles is 1. The molecule has 1 aromatic carbocycles. The standard InChI is InChI=1S/C19H20F3N3OS/c1-4-5-12(2)25-16-11-14(17(19(20,21)22)26-8-6-23)10-15(13(16)3)18-24-7-9-27-18/h7,9-11,17H,4-5,8H2,1-3H3. The molecule has 1 unspecified atom stereocenters. The summed E-state index contributed by atoms with van der Waals surface area (Å²) in [6, 6.07) is 4.42. The first-order chi connectivity index (χ1) is 12.8. The quantitative estimate of drug-likeness (QED) is 0.528. The van der Waals surface area contributed by atoms with Crippen LogP contribution in [-0.4, -0.2) is 23.5 Å². The van der Waals surface area contributed by atoms with Gasteiger partial charge in [0.2, 0.25) is 0 Å². The molecule has 0 saturated heterocycles. The lowest BCUT2D eigenvalue weighted by atomic mass is 9.99. The zero-order valence-corrected chi connectivity index (χ0v) is 16.1.